The standard InChI is InChI=1S/C15H17FN2O3/c1-18-9-10(11-4-2-3-5-13(11)18)6-7-14(19)17-12(8-16)15(20)21/h2-5,9,12H,6-8H2,1H3,(H,17,19)(H,20,21). The van der Waals surface area contributed by atoms with Crippen molar-refractivity contribution in [2.45, 2.75) is 18.9 Å². The van der Waals surface area contributed by atoms with Crippen molar-refractivity contribution in [2.24, 2.45) is 7.05 Å². The average molecular weight is 292 g/mol. The van der Waals surface area contributed by atoms with E-state index in [9.17, 15) is 14.0 Å². The van der Waals surface area contributed by atoms with Gasteiger partial charge in [-0.05, 0) is 18.1 Å². The van der Waals surface area contributed by atoms with E-state index in [0.717, 1.165) is 16.5 Å². The van der Waals surface area contributed by atoms with Crippen LogP contribution in [0, 0.1) is 0 Å². The van der Waals surface area contributed by atoms with Crippen LogP contribution < -0.4 is 5.32 Å². The predicted octanol–water partition coefficient (Wildman–Crippen LogP) is 1.65. The zero-order valence-electron chi connectivity index (χ0n) is 11.7. The molecule has 0 radical (unpaired) electrons. The van der Waals surface area contributed by atoms with Gasteiger partial charge in [0, 0.05) is 30.6 Å². The molecule has 1 amide bonds. The minimum Gasteiger partial charge on any atom is -0.480 e. The number of carbonyl (C=O) groups excluding carboxylic acids is 1. The molecule has 21 heavy (non-hydrogen) atoms. The van der Waals surface area contributed by atoms with E-state index in [1.54, 1.807) is 0 Å². The second-order valence-corrected chi connectivity index (χ2v) is 4.90. The molecule has 1 aromatic carbocycles. The lowest BCUT2D eigenvalue weighted by atomic mass is 10.1. The maximum absolute atomic E-state index is 12.4. The number of amides is 1. The Hall–Kier alpha value is -2.37. The topological polar surface area (TPSA) is 71.3 Å². The fraction of sp³-hybridized carbons (Fsp3) is 0.333. The molecule has 1 heterocycles. The first-order valence-electron chi connectivity index (χ1n) is 6.64. The largest absolute Gasteiger partial charge is 0.480 e. The molecular formula is C15H17FN2O3. The van der Waals surface area contributed by atoms with E-state index in [-0.39, 0.29) is 6.42 Å². The lowest BCUT2D eigenvalue weighted by Gasteiger charge is -2.10. The van der Waals surface area contributed by atoms with Crippen LogP contribution in [0.1, 0.15) is 12.0 Å². The molecule has 1 unspecified atom stereocenters. The second kappa shape index (κ2) is 6.39. The summed E-state index contributed by atoms with van der Waals surface area (Å²) < 4.78 is 14.4. The summed E-state index contributed by atoms with van der Waals surface area (Å²) in [7, 11) is 1.93. The van der Waals surface area contributed by atoms with Gasteiger partial charge in [0.2, 0.25) is 5.91 Å². The molecule has 1 atom stereocenters. The molecule has 0 bridgehead atoms. The van der Waals surface area contributed by atoms with E-state index < -0.39 is 24.6 Å². The van der Waals surface area contributed by atoms with Gasteiger partial charge >= 0.3 is 5.97 Å². The number of para-hydroxylation sites is 1. The summed E-state index contributed by atoms with van der Waals surface area (Å²) in [4.78, 5) is 22.3. The Labute approximate surface area is 121 Å². The van der Waals surface area contributed by atoms with E-state index in [0.29, 0.717) is 6.42 Å². The van der Waals surface area contributed by atoms with Gasteiger partial charge in [0.1, 0.15) is 6.67 Å². The van der Waals surface area contributed by atoms with Crippen LogP contribution in [0.2, 0.25) is 0 Å². The van der Waals surface area contributed by atoms with E-state index in [1.807, 2.05) is 42.1 Å². The van der Waals surface area contributed by atoms with Crippen molar-refractivity contribution in [3.8, 4) is 0 Å². The van der Waals surface area contributed by atoms with Crippen molar-refractivity contribution < 1.29 is 19.1 Å². The molecule has 0 fully saturated rings. The molecule has 2 rings (SSSR count). The van der Waals surface area contributed by atoms with Crippen LogP contribution in [0.15, 0.2) is 30.5 Å². The Morgan fingerprint density at radius 3 is 2.76 bits per heavy atom. The maximum Gasteiger partial charge on any atom is 0.328 e. The first kappa shape index (κ1) is 15.0. The van der Waals surface area contributed by atoms with Crippen molar-refractivity contribution in [1.29, 1.82) is 0 Å². The number of benzene rings is 1. The van der Waals surface area contributed by atoms with Gasteiger partial charge in [-0.1, -0.05) is 18.2 Å². The zero-order chi connectivity index (χ0) is 15.4. The molecule has 0 aliphatic carbocycles. The van der Waals surface area contributed by atoms with Crippen LogP contribution in [0.25, 0.3) is 10.9 Å². The Balaban J connectivity index is 2.02. The highest BCUT2D eigenvalue weighted by molar-refractivity contribution is 5.86. The zero-order valence-corrected chi connectivity index (χ0v) is 11.7. The molecule has 0 spiro atoms. The number of hydrogen-bond donors (Lipinski definition) is 2. The van der Waals surface area contributed by atoms with Crippen molar-refractivity contribution in [3.05, 3.63) is 36.0 Å². The number of carbonyl (C=O) groups is 2. The Kier molecular flexibility index (Phi) is 4.57. The molecule has 0 aliphatic heterocycles. The van der Waals surface area contributed by atoms with Crippen molar-refractivity contribution in [3.63, 3.8) is 0 Å². The van der Waals surface area contributed by atoms with Gasteiger partial charge < -0.3 is 15.0 Å². The summed E-state index contributed by atoms with van der Waals surface area (Å²) in [5.41, 5.74) is 2.08. The molecule has 2 aromatic rings. The van der Waals surface area contributed by atoms with Gasteiger partial charge in [0.05, 0.1) is 0 Å². The molecule has 2 N–H and O–H groups in total. The number of hydrogen-bond acceptors (Lipinski definition) is 2. The second-order valence-electron chi connectivity index (χ2n) is 4.90. The van der Waals surface area contributed by atoms with Gasteiger partial charge in [0.15, 0.2) is 6.04 Å². The smallest absolute Gasteiger partial charge is 0.328 e. The first-order valence-corrected chi connectivity index (χ1v) is 6.64. The maximum atomic E-state index is 12.4. The number of nitrogens with zero attached hydrogens (tertiary/aromatic N) is 1. The Morgan fingerprint density at radius 1 is 1.38 bits per heavy atom. The highest BCUT2D eigenvalue weighted by Gasteiger charge is 2.19. The van der Waals surface area contributed by atoms with Crippen LogP contribution in [0.4, 0.5) is 4.39 Å². The summed E-state index contributed by atoms with van der Waals surface area (Å²) in [5.74, 6) is -1.83. The molecular weight excluding hydrogens is 275 g/mol. The Morgan fingerprint density at radius 2 is 2.10 bits per heavy atom. The molecule has 0 saturated heterocycles. The monoisotopic (exact) mass is 292 g/mol. The third kappa shape index (κ3) is 3.39. The highest BCUT2D eigenvalue weighted by atomic mass is 19.1. The SMILES string of the molecule is Cn1cc(CCC(=O)NC(CF)C(=O)O)c2ccccc21. The highest BCUT2D eigenvalue weighted by Crippen LogP contribution is 2.21. The minimum absolute atomic E-state index is 0.123. The number of aliphatic carboxylic acids is 1. The first-order chi connectivity index (χ1) is 10.0. The van der Waals surface area contributed by atoms with Crippen LogP contribution in [0.3, 0.4) is 0 Å². The lowest BCUT2D eigenvalue weighted by Crippen LogP contribution is -2.42. The summed E-state index contributed by atoms with van der Waals surface area (Å²) in [6.07, 6.45) is 2.55. The quantitative estimate of drug-likeness (QED) is 0.850. The summed E-state index contributed by atoms with van der Waals surface area (Å²) in [5, 5.41) is 11.9. The third-order valence-electron chi connectivity index (χ3n) is 3.39. The number of fused-ring (bicyclic) bond motifs is 1. The number of carboxylic acid groups (broad SMARTS) is 1. The summed E-state index contributed by atoms with van der Waals surface area (Å²) in [6.45, 7) is -1.12. The fourth-order valence-electron chi connectivity index (χ4n) is 2.31. The van der Waals surface area contributed by atoms with Crippen molar-refractivity contribution >= 4 is 22.8 Å². The number of nitrogens with one attached hydrogen (secondary N) is 1. The summed E-state index contributed by atoms with van der Waals surface area (Å²) >= 11 is 0. The average Bonchev–Trinajstić information content (AvgIpc) is 2.79. The normalized spacial score (nSPS) is 12.3. The number of rotatable bonds is 6. The van der Waals surface area contributed by atoms with Gasteiger partial charge in [-0.15, -0.1) is 0 Å². The van der Waals surface area contributed by atoms with E-state index in [1.165, 1.54) is 0 Å². The molecule has 5 nitrogen and oxygen atoms in total. The third-order valence-corrected chi connectivity index (χ3v) is 3.39. The van der Waals surface area contributed by atoms with E-state index in [2.05, 4.69) is 5.32 Å². The van der Waals surface area contributed by atoms with Gasteiger partial charge in [-0.3, -0.25) is 4.79 Å². The van der Waals surface area contributed by atoms with Crippen molar-refractivity contribution in [1.82, 2.24) is 9.88 Å². The molecule has 1 aromatic heterocycles. The lowest BCUT2D eigenvalue weighted by molar-refractivity contribution is -0.142. The number of aromatic nitrogens is 1. The molecule has 0 saturated carbocycles. The molecule has 0 aliphatic rings. The van der Waals surface area contributed by atoms with Crippen molar-refractivity contribution in [2.75, 3.05) is 6.67 Å². The molecule has 6 heteroatoms. The van der Waals surface area contributed by atoms with E-state index >= 15 is 0 Å². The van der Waals surface area contributed by atoms with Gasteiger partial charge in [-0.2, -0.15) is 0 Å². The van der Waals surface area contributed by atoms with Crippen LogP contribution in [-0.2, 0) is 23.1 Å². The minimum atomic E-state index is -1.47. The predicted molar refractivity (Wildman–Crippen MR) is 76.8 cm³/mol. The van der Waals surface area contributed by atoms with Crippen LogP contribution in [0.5, 0.6) is 0 Å². The fourth-order valence-corrected chi connectivity index (χ4v) is 2.31. The number of carboxylic acids is 1. The van der Waals surface area contributed by atoms with Gasteiger partial charge in [-0.25, -0.2) is 9.18 Å². The van der Waals surface area contributed by atoms with Crippen LogP contribution >= 0.6 is 0 Å². The van der Waals surface area contributed by atoms with Gasteiger partial charge in [0.25, 0.3) is 0 Å². The number of aryl methyl sites for hydroxylation is 2. The molecule has 112 valence electrons. The van der Waals surface area contributed by atoms with Crippen LogP contribution in [-0.4, -0.2) is 34.3 Å². The van der Waals surface area contributed by atoms with E-state index in [4.69, 9.17) is 5.11 Å². The number of halogens is 1. The number of alkyl halides is 1. The Bertz CT molecular complexity index is 666. The summed E-state index contributed by atoms with van der Waals surface area (Å²) in [6, 6.07) is 6.37.